The van der Waals surface area contributed by atoms with Gasteiger partial charge in [0.15, 0.2) is 46.0 Å². The summed E-state index contributed by atoms with van der Waals surface area (Å²) in [6.07, 6.45) is 0. The number of carbonyl (C=O) groups is 3. The maximum atomic E-state index is 12.5. The fraction of sp³-hybridized carbons (Fsp3) is 0. The Morgan fingerprint density at radius 3 is 1.32 bits per heavy atom. The molecule has 0 aliphatic heterocycles. The first-order valence-corrected chi connectivity index (χ1v) is 8.93. The van der Waals surface area contributed by atoms with Crippen molar-refractivity contribution in [2.45, 2.75) is 0 Å². The van der Waals surface area contributed by atoms with Gasteiger partial charge in [0.05, 0.1) is 16.7 Å². The van der Waals surface area contributed by atoms with E-state index in [-0.39, 0.29) is 0 Å². The zero-order valence-electron chi connectivity index (χ0n) is 16.6. The molecule has 0 spiro atoms. The number of aromatic hydroxyl groups is 7. The number of ether oxygens (including phenoxy) is 2. The molecule has 176 valence electrons. The van der Waals surface area contributed by atoms with Crippen LogP contribution in [0, 0.1) is 0 Å². The highest BCUT2D eigenvalue weighted by atomic mass is 16.6. The molecule has 0 radical (unpaired) electrons. The Balaban J connectivity index is 2.02. The molecule has 0 amide bonds. The van der Waals surface area contributed by atoms with Crippen LogP contribution in [0.4, 0.5) is 0 Å². The lowest BCUT2D eigenvalue weighted by Crippen LogP contribution is -2.13. The largest absolute Gasteiger partial charge is 0.504 e. The number of hydrogen-bond acceptors (Lipinski definition) is 12. The molecule has 0 fully saturated rings. The van der Waals surface area contributed by atoms with Crippen LogP contribution in [0.3, 0.4) is 0 Å². The Hall–Kier alpha value is -5.33. The number of carbonyl (C=O) groups excluding carboxylic acids is 2. The molecule has 0 aliphatic rings. The summed E-state index contributed by atoms with van der Waals surface area (Å²) in [5.41, 5.74) is -1.62. The van der Waals surface area contributed by atoms with Gasteiger partial charge in [0, 0.05) is 0 Å². The summed E-state index contributed by atoms with van der Waals surface area (Å²) in [5.74, 6) is -12.2. The van der Waals surface area contributed by atoms with Crippen LogP contribution in [0.15, 0.2) is 36.4 Å². The fourth-order valence-electron chi connectivity index (χ4n) is 2.64. The smallest absolute Gasteiger partial charge is 0.344 e. The number of aromatic carboxylic acids is 1. The van der Waals surface area contributed by atoms with Gasteiger partial charge in [-0.2, -0.15) is 0 Å². The molecule has 8 N–H and O–H groups in total. The highest BCUT2D eigenvalue weighted by Crippen LogP contribution is 2.41. The molecule has 0 aliphatic carbocycles. The molecule has 0 saturated carbocycles. The van der Waals surface area contributed by atoms with Crippen molar-refractivity contribution in [2.75, 3.05) is 0 Å². The fourth-order valence-corrected chi connectivity index (χ4v) is 2.64. The van der Waals surface area contributed by atoms with Crippen molar-refractivity contribution >= 4 is 17.9 Å². The standard InChI is InChI=1S/C21H14O13/c22-10-2-8(3-11(23)16(10)27)20(31)33-15-6-7(19(29)30)1-14(26)18(15)34-21(32)9-4-12(24)17(28)13(25)5-9/h1-6,22-28H,(H,29,30). The molecule has 0 atom stereocenters. The van der Waals surface area contributed by atoms with Crippen LogP contribution in [0.25, 0.3) is 0 Å². The van der Waals surface area contributed by atoms with Crippen LogP contribution in [-0.2, 0) is 0 Å². The highest BCUT2D eigenvalue weighted by Gasteiger charge is 2.25. The topological polar surface area (TPSA) is 232 Å². The highest BCUT2D eigenvalue weighted by molar-refractivity contribution is 5.96. The summed E-state index contributed by atoms with van der Waals surface area (Å²) in [5, 5.41) is 76.4. The lowest BCUT2D eigenvalue weighted by molar-refractivity contribution is 0.0670. The van der Waals surface area contributed by atoms with Crippen LogP contribution in [-0.4, -0.2) is 58.8 Å². The van der Waals surface area contributed by atoms with E-state index in [4.69, 9.17) is 9.47 Å². The first-order valence-electron chi connectivity index (χ1n) is 8.93. The van der Waals surface area contributed by atoms with E-state index in [9.17, 15) is 55.2 Å². The maximum absolute atomic E-state index is 12.5. The first-order chi connectivity index (χ1) is 15.9. The number of phenols is 7. The Morgan fingerprint density at radius 1 is 0.529 bits per heavy atom. The van der Waals surface area contributed by atoms with Gasteiger partial charge >= 0.3 is 17.9 Å². The summed E-state index contributed by atoms with van der Waals surface area (Å²) in [6, 6.07) is 4.25. The first kappa shape index (κ1) is 23.3. The third-order valence-corrected chi connectivity index (χ3v) is 4.29. The monoisotopic (exact) mass is 474 g/mol. The van der Waals surface area contributed by atoms with Gasteiger partial charge in [-0.15, -0.1) is 0 Å². The molecular weight excluding hydrogens is 460 g/mol. The predicted octanol–water partition coefficient (Wildman–Crippen LogP) is 1.76. The number of rotatable bonds is 5. The quantitative estimate of drug-likeness (QED) is 0.150. The van der Waals surface area contributed by atoms with E-state index in [1.165, 1.54) is 0 Å². The summed E-state index contributed by atoms with van der Waals surface area (Å²) in [4.78, 5) is 36.2. The molecule has 0 bridgehead atoms. The molecule has 0 aromatic heterocycles. The second-order valence-corrected chi connectivity index (χ2v) is 6.63. The van der Waals surface area contributed by atoms with Gasteiger partial charge in [-0.3, -0.25) is 0 Å². The summed E-state index contributed by atoms with van der Waals surface area (Å²) in [7, 11) is 0. The van der Waals surface area contributed by atoms with E-state index in [0.717, 1.165) is 0 Å². The van der Waals surface area contributed by atoms with Crippen molar-refractivity contribution in [3.05, 3.63) is 53.1 Å². The van der Waals surface area contributed by atoms with Gasteiger partial charge in [-0.25, -0.2) is 14.4 Å². The zero-order chi connectivity index (χ0) is 25.3. The molecule has 13 nitrogen and oxygen atoms in total. The zero-order valence-corrected chi connectivity index (χ0v) is 16.6. The lowest BCUT2D eigenvalue weighted by atomic mass is 10.1. The Morgan fingerprint density at radius 2 is 0.912 bits per heavy atom. The number of phenolic OH excluding ortho intramolecular Hbond substituents is 7. The van der Waals surface area contributed by atoms with E-state index in [1.54, 1.807) is 0 Å². The van der Waals surface area contributed by atoms with E-state index >= 15 is 0 Å². The minimum Gasteiger partial charge on any atom is -0.504 e. The minimum absolute atomic E-state index is 0.514. The molecule has 3 rings (SSSR count). The average Bonchev–Trinajstić information content (AvgIpc) is 2.76. The normalized spacial score (nSPS) is 10.5. The number of esters is 2. The number of hydrogen-bond donors (Lipinski definition) is 8. The van der Waals surface area contributed by atoms with E-state index < -0.39 is 86.3 Å². The summed E-state index contributed by atoms with van der Waals surface area (Å²) in [6.45, 7) is 0. The van der Waals surface area contributed by atoms with Crippen LogP contribution in [0.5, 0.6) is 51.7 Å². The van der Waals surface area contributed by atoms with Crippen LogP contribution in [0.1, 0.15) is 31.1 Å². The van der Waals surface area contributed by atoms with Crippen molar-refractivity contribution in [1.82, 2.24) is 0 Å². The molecule has 13 heteroatoms. The van der Waals surface area contributed by atoms with Crippen molar-refractivity contribution in [3.8, 4) is 51.7 Å². The van der Waals surface area contributed by atoms with Gasteiger partial charge in [-0.05, 0) is 36.4 Å². The minimum atomic E-state index is -1.56. The number of benzene rings is 3. The SMILES string of the molecule is O=C(O)c1cc(O)c(OC(=O)c2cc(O)c(O)c(O)c2)c(OC(=O)c2cc(O)c(O)c(O)c2)c1. The molecule has 3 aromatic carbocycles. The van der Waals surface area contributed by atoms with Crippen LogP contribution >= 0.6 is 0 Å². The Labute approximate surface area is 188 Å². The van der Waals surface area contributed by atoms with Crippen molar-refractivity contribution in [2.24, 2.45) is 0 Å². The third kappa shape index (κ3) is 4.47. The van der Waals surface area contributed by atoms with Crippen molar-refractivity contribution in [1.29, 1.82) is 0 Å². The van der Waals surface area contributed by atoms with E-state index in [0.29, 0.717) is 36.4 Å². The second-order valence-electron chi connectivity index (χ2n) is 6.63. The lowest BCUT2D eigenvalue weighted by Gasteiger charge is -2.14. The van der Waals surface area contributed by atoms with Gasteiger partial charge in [0.2, 0.25) is 5.75 Å². The predicted molar refractivity (Wildman–Crippen MR) is 108 cm³/mol. The van der Waals surface area contributed by atoms with Gasteiger partial charge in [0.1, 0.15) is 0 Å². The maximum Gasteiger partial charge on any atom is 0.344 e. The Kier molecular flexibility index (Phi) is 5.94. The van der Waals surface area contributed by atoms with Crippen LogP contribution < -0.4 is 9.47 Å². The molecule has 0 heterocycles. The third-order valence-electron chi connectivity index (χ3n) is 4.29. The van der Waals surface area contributed by atoms with Gasteiger partial charge in [0.25, 0.3) is 0 Å². The molecule has 0 unspecified atom stereocenters. The van der Waals surface area contributed by atoms with Crippen molar-refractivity contribution in [3.63, 3.8) is 0 Å². The average molecular weight is 474 g/mol. The molecule has 34 heavy (non-hydrogen) atoms. The van der Waals surface area contributed by atoms with E-state index in [1.807, 2.05) is 0 Å². The molecular formula is C21H14O13. The summed E-state index contributed by atoms with van der Waals surface area (Å²) >= 11 is 0. The molecule has 3 aromatic rings. The summed E-state index contributed by atoms with van der Waals surface area (Å²) < 4.78 is 9.92. The van der Waals surface area contributed by atoms with Gasteiger partial charge in [-0.1, -0.05) is 0 Å². The van der Waals surface area contributed by atoms with Crippen molar-refractivity contribution < 1.29 is 64.7 Å². The van der Waals surface area contributed by atoms with E-state index in [2.05, 4.69) is 0 Å². The second kappa shape index (κ2) is 8.66. The Bertz CT molecular complexity index is 1300. The van der Waals surface area contributed by atoms with Crippen LogP contribution in [0.2, 0.25) is 0 Å². The number of carboxylic acids is 1. The molecule has 0 saturated heterocycles. The number of carboxylic acid groups (broad SMARTS) is 1. The van der Waals surface area contributed by atoms with Gasteiger partial charge < -0.3 is 50.3 Å².